The van der Waals surface area contributed by atoms with E-state index in [0.717, 1.165) is 17.7 Å². The second kappa shape index (κ2) is 7.01. The van der Waals surface area contributed by atoms with E-state index in [-0.39, 0.29) is 0 Å². The molecule has 18 heavy (non-hydrogen) atoms. The topological polar surface area (TPSA) is 39.9 Å². The van der Waals surface area contributed by atoms with Crippen LogP contribution in [-0.2, 0) is 17.9 Å². The Labute approximate surface area is 123 Å². The molecule has 0 spiro atoms. The summed E-state index contributed by atoms with van der Waals surface area (Å²) in [6.45, 7) is 2.15. The van der Waals surface area contributed by atoms with Gasteiger partial charge in [-0.05, 0) is 43.8 Å². The van der Waals surface area contributed by atoms with Gasteiger partial charge in [-0.15, -0.1) is 5.10 Å². The van der Waals surface area contributed by atoms with Gasteiger partial charge in [0.15, 0.2) is 4.73 Å². The Morgan fingerprint density at radius 1 is 1.17 bits per heavy atom. The van der Waals surface area contributed by atoms with Crippen LogP contribution in [0, 0.1) is 0 Å². The van der Waals surface area contributed by atoms with Crippen LogP contribution >= 0.6 is 31.9 Å². The minimum atomic E-state index is 0.597. The van der Waals surface area contributed by atoms with Gasteiger partial charge in [0.05, 0.1) is 6.61 Å². The summed E-state index contributed by atoms with van der Waals surface area (Å²) in [4.78, 5) is 4.10. The summed E-state index contributed by atoms with van der Waals surface area (Å²) in [7, 11) is 0. The van der Waals surface area contributed by atoms with E-state index in [2.05, 4.69) is 54.1 Å². The molecule has 0 N–H and O–H groups in total. The van der Waals surface area contributed by atoms with Crippen molar-refractivity contribution in [2.45, 2.75) is 19.6 Å². The molecule has 0 aliphatic heterocycles. The zero-order chi connectivity index (χ0) is 12.8. The number of hydrogen-bond acceptors (Lipinski definition) is 3. The summed E-state index contributed by atoms with van der Waals surface area (Å²) in [5.41, 5.74) is 1.20. The quantitative estimate of drug-likeness (QED) is 0.727. The lowest BCUT2D eigenvalue weighted by Crippen LogP contribution is -2.04. The molecule has 0 saturated carbocycles. The van der Waals surface area contributed by atoms with Crippen LogP contribution in [0.5, 0.6) is 0 Å². The molecule has 2 rings (SSSR count). The summed E-state index contributed by atoms with van der Waals surface area (Å²) < 4.78 is 8.73. The maximum atomic E-state index is 5.60. The van der Waals surface area contributed by atoms with Crippen molar-refractivity contribution in [1.82, 2.24) is 14.8 Å². The van der Waals surface area contributed by atoms with Gasteiger partial charge in [-0.25, -0.2) is 4.68 Å². The van der Waals surface area contributed by atoms with Crippen LogP contribution in [0.1, 0.15) is 12.0 Å². The maximum absolute atomic E-state index is 5.60. The van der Waals surface area contributed by atoms with Gasteiger partial charge in [-0.3, -0.25) is 0 Å². The lowest BCUT2D eigenvalue weighted by molar-refractivity contribution is 0.115. The molecule has 4 nitrogen and oxygen atoms in total. The smallest absolute Gasteiger partial charge is 0.218 e. The Morgan fingerprint density at radius 2 is 1.94 bits per heavy atom. The van der Waals surface area contributed by atoms with Gasteiger partial charge in [0.25, 0.3) is 0 Å². The SMILES string of the molecule is Brc1nc(Br)n(CCCOCc2ccccc2)n1. The molecule has 1 heterocycles. The third-order valence-electron chi connectivity index (χ3n) is 2.37. The van der Waals surface area contributed by atoms with Crippen LogP contribution in [0.25, 0.3) is 0 Å². The fourth-order valence-corrected chi connectivity index (χ4v) is 2.54. The lowest BCUT2D eigenvalue weighted by Gasteiger charge is -2.04. The Bertz CT molecular complexity index is 487. The summed E-state index contributed by atoms with van der Waals surface area (Å²) >= 11 is 6.57. The van der Waals surface area contributed by atoms with Crippen LogP contribution in [0.3, 0.4) is 0 Å². The Balaban J connectivity index is 1.66. The molecular weight excluding hydrogens is 362 g/mol. The molecule has 0 bridgehead atoms. The molecular formula is C12H13Br2N3O. The van der Waals surface area contributed by atoms with Crippen molar-refractivity contribution < 1.29 is 4.74 Å². The lowest BCUT2D eigenvalue weighted by atomic mass is 10.2. The predicted molar refractivity (Wildman–Crippen MR) is 76.1 cm³/mol. The predicted octanol–water partition coefficient (Wildman–Crippen LogP) is 3.41. The summed E-state index contributed by atoms with van der Waals surface area (Å²) in [6.07, 6.45) is 0.904. The normalized spacial score (nSPS) is 10.8. The van der Waals surface area contributed by atoms with Crippen molar-refractivity contribution in [1.29, 1.82) is 0 Å². The summed E-state index contributed by atoms with van der Waals surface area (Å²) in [5, 5.41) is 4.19. The molecule has 0 atom stereocenters. The van der Waals surface area contributed by atoms with Gasteiger partial charge in [0.2, 0.25) is 4.73 Å². The number of aromatic nitrogens is 3. The van der Waals surface area contributed by atoms with Crippen molar-refractivity contribution in [2.24, 2.45) is 0 Å². The fourth-order valence-electron chi connectivity index (χ4n) is 1.52. The molecule has 1 aromatic carbocycles. The minimum Gasteiger partial charge on any atom is -0.377 e. The average Bonchev–Trinajstić information content (AvgIpc) is 2.69. The van der Waals surface area contributed by atoms with Gasteiger partial charge >= 0.3 is 0 Å². The molecule has 0 aliphatic carbocycles. The maximum Gasteiger partial charge on any atom is 0.218 e. The van der Waals surface area contributed by atoms with E-state index in [1.165, 1.54) is 5.56 Å². The van der Waals surface area contributed by atoms with Crippen molar-refractivity contribution in [2.75, 3.05) is 6.61 Å². The third-order valence-corrected chi connectivity index (χ3v) is 3.29. The van der Waals surface area contributed by atoms with Crippen molar-refractivity contribution in [3.8, 4) is 0 Å². The van der Waals surface area contributed by atoms with Crippen LogP contribution in [0.15, 0.2) is 39.8 Å². The Morgan fingerprint density at radius 3 is 2.61 bits per heavy atom. The average molecular weight is 375 g/mol. The summed E-state index contributed by atoms with van der Waals surface area (Å²) in [6, 6.07) is 10.2. The summed E-state index contributed by atoms with van der Waals surface area (Å²) in [5.74, 6) is 0. The van der Waals surface area contributed by atoms with Gasteiger partial charge in [0.1, 0.15) is 0 Å². The molecule has 0 aliphatic rings. The van der Waals surface area contributed by atoms with Gasteiger partial charge < -0.3 is 4.74 Å². The van der Waals surface area contributed by atoms with Crippen LogP contribution in [-0.4, -0.2) is 21.4 Å². The van der Waals surface area contributed by atoms with E-state index < -0.39 is 0 Å². The monoisotopic (exact) mass is 373 g/mol. The molecule has 96 valence electrons. The van der Waals surface area contributed by atoms with Crippen LogP contribution < -0.4 is 0 Å². The largest absolute Gasteiger partial charge is 0.377 e. The number of aryl methyl sites for hydroxylation is 1. The van der Waals surface area contributed by atoms with Gasteiger partial charge in [-0.1, -0.05) is 30.3 Å². The molecule has 0 unspecified atom stereocenters. The molecule has 0 radical (unpaired) electrons. The van der Waals surface area contributed by atoms with Gasteiger partial charge in [0, 0.05) is 13.2 Å². The standard InChI is InChI=1S/C12H13Br2N3O/c13-11-15-12(14)17(16-11)7-4-8-18-9-10-5-2-1-3-6-10/h1-3,5-6H,4,7-9H2. The second-order valence-electron chi connectivity index (χ2n) is 3.76. The second-order valence-corrected chi connectivity index (χ2v) is 5.18. The fraction of sp³-hybridized carbons (Fsp3) is 0.333. The van der Waals surface area contributed by atoms with Crippen molar-refractivity contribution in [3.05, 3.63) is 45.4 Å². The molecule has 0 saturated heterocycles. The highest BCUT2D eigenvalue weighted by Crippen LogP contribution is 2.11. The first kappa shape index (κ1) is 13.7. The first-order valence-corrected chi connectivity index (χ1v) is 7.22. The highest BCUT2D eigenvalue weighted by Gasteiger charge is 2.03. The molecule has 6 heteroatoms. The molecule has 2 aromatic rings. The van der Waals surface area contributed by atoms with E-state index in [1.807, 2.05) is 18.2 Å². The number of benzene rings is 1. The molecule has 0 fully saturated rings. The third kappa shape index (κ3) is 4.19. The van der Waals surface area contributed by atoms with E-state index in [9.17, 15) is 0 Å². The van der Waals surface area contributed by atoms with Gasteiger partial charge in [-0.2, -0.15) is 4.98 Å². The first-order valence-electron chi connectivity index (χ1n) is 5.63. The van der Waals surface area contributed by atoms with Crippen LogP contribution in [0.4, 0.5) is 0 Å². The zero-order valence-corrected chi connectivity index (χ0v) is 12.9. The highest BCUT2D eigenvalue weighted by atomic mass is 79.9. The van der Waals surface area contributed by atoms with E-state index in [1.54, 1.807) is 4.68 Å². The van der Waals surface area contributed by atoms with Crippen molar-refractivity contribution in [3.63, 3.8) is 0 Å². The number of hydrogen-bond donors (Lipinski definition) is 0. The van der Waals surface area contributed by atoms with Crippen molar-refractivity contribution >= 4 is 31.9 Å². The van der Waals surface area contributed by atoms with E-state index in [4.69, 9.17) is 4.74 Å². The Kier molecular flexibility index (Phi) is 5.34. The Hall–Kier alpha value is -0.720. The number of halogens is 2. The van der Waals surface area contributed by atoms with E-state index in [0.29, 0.717) is 17.9 Å². The molecule has 0 amide bonds. The van der Waals surface area contributed by atoms with E-state index >= 15 is 0 Å². The number of ether oxygens (including phenoxy) is 1. The minimum absolute atomic E-state index is 0.597. The first-order chi connectivity index (χ1) is 8.75. The highest BCUT2D eigenvalue weighted by molar-refractivity contribution is 9.11. The zero-order valence-electron chi connectivity index (χ0n) is 9.72. The van der Waals surface area contributed by atoms with Crippen LogP contribution in [0.2, 0.25) is 0 Å². The molecule has 1 aromatic heterocycles. The number of nitrogens with zero attached hydrogens (tertiary/aromatic N) is 3. The number of rotatable bonds is 6.